The van der Waals surface area contributed by atoms with Gasteiger partial charge >= 0.3 is 0 Å². The fourth-order valence-corrected chi connectivity index (χ4v) is 4.67. The molecule has 1 aliphatic heterocycles. The van der Waals surface area contributed by atoms with Gasteiger partial charge in [-0.05, 0) is 57.8 Å². The van der Waals surface area contributed by atoms with E-state index in [1.165, 1.54) is 13.2 Å². The summed E-state index contributed by atoms with van der Waals surface area (Å²) in [6.45, 7) is 7.18. The van der Waals surface area contributed by atoms with Crippen molar-refractivity contribution in [1.29, 1.82) is 0 Å². The summed E-state index contributed by atoms with van der Waals surface area (Å²) in [5.74, 6) is 1.65. The number of hydrogen-bond acceptors (Lipinski definition) is 8. The maximum absolute atomic E-state index is 13.8. The van der Waals surface area contributed by atoms with Crippen LogP contribution in [0.2, 0.25) is 0 Å². The monoisotopic (exact) mass is 548 g/mol. The van der Waals surface area contributed by atoms with Crippen molar-refractivity contribution in [3.8, 4) is 11.5 Å². The molecule has 212 valence electrons. The van der Waals surface area contributed by atoms with Crippen LogP contribution in [0.1, 0.15) is 31.8 Å². The predicted octanol–water partition coefficient (Wildman–Crippen LogP) is 4.29. The minimum absolute atomic E-state index is 0.0328. The zero-order valence-corrected chi connectivity index (χ0v) is 23.8. The Morgan fingerprint density at radius 1 is 1.18 bits per heavy atom. The lowest BCUT2D eigenvalue weighted by molar-refractivity contribution is -0.128. The second kappa shape index (κ2) is 13.3. The molecule has 3 heterocycles. The van der Waals surface area contributed by atoms with E-state index in [-0.39, 0.29) is 17.7 Å². The number of methoxy groups -OCH3 is 1. The summed E-state index contributed by atoms with van der Waals surface area (Å²) in [6.07, 6.45) is 9.01. The molecule has 0 aliphatic carbocycles. The van der Waals surface area contributed by atoms with E-state index in [2.05, 4.69) is 16.8 Å². The van der Waals surface area contributed by atoms with Crippen LogP contribution in [-0.4, -0.2) is 90.7 Å². The maximum atomic E-state index is 13.8. The number of rotatable bonds is 10. The van der Waals surface area contributed by atoms with Gasteiger partial charge in [0, 0.05) is 49.7 Å². The zero-order chi connectivity index (χ0) is 28.6. The highest BCUT2D eigenvalue weighted by Crippen LogP contribution is 2.30. The van der Waals surface area contributed by atoms with Crippen molar-refractivity contribution in [2.45, 2.75) is 26.3 Å². The minimum atomic E-state index is -0.523. The van der Waals surface area contributed by atoms with Gasteiger partial charge in [-0.3, -0.25) is 9.78 Å². The van der Waals surface area contributed by atoms with Crippen molar-refractivity contribution in [1.82, 2.24) is 24.8 Å². The molecule has 1 amide bonds. The number of aromatic nitrogens is 3. The average molecular weight is 549 g/mol. The summed E-state index contributed by atoms with van der Waals surface area (Å²) in [5, 5.41) is 0.880. The van der Waals surface area contributed by atoms with Crippen molar-refractivity contribution in [3.63, 3.8) is 0 Å². The lowest BCUT2D eigenvalue weighted by Crippen LogP contribution is -2.55. The molecule has 2 aromatic heterocycles. The Morgan fingerprint density at radius 3 is 2.73 bits per heavy atom. The number of fused-ring (bicyclic) bond motifs is 1. The first kappa shape index (κ1) is 28.9. The van der Waals surface area contributed by atoms with Gasteiger partial charge in [0.1, 0.15) is 11.6 Å². The number of piperazine rings is 1. The Balaban J connectivity index is 1.66. The number of anilines is 1. The second-order valence-electron chi connectivity index (χ2n) is 9.80. The van der Waals surface area contributed by atoms with Crippen molar-refractivity contribution in [2.24, 2.45) is 0 Å². The number of hydrogen-bond donors (Lipinski definition) is 0. The third-order valence-electron chi connectivity index (χ3n) is 6.71. The SMILES string of the molecule is CCOc1ccc2nc(/C=C/c3cc(OC)c(F)cn3)nc(N3CCN(C(=O)/C=C/CN(C)C)[C@@H](CC)C3)c2c1. The second-order valence-corrected chi connectivity index (χ2v) is 9.80. The first-order valence-electron chi connectivity index (χ1n) is 13.5. The molecule has 1 aliphatic rings. The zero-order valence-electron chi connectivity index (χ0n) is 23.8. The lowest BCUT2D eigenvalue weighted by atomic mass is 10.1. The smallest absolute Gasteiger partial charge is 0.246 e. The van der Waals surface area contributed by atoms with E-state index < -0.39 is 5.82 Å². The Bertz CT molecular complexity index is 1390. The Kier molecular flexibility index (Phi) is 9.65. The van der Waals surface area contributed by atoms with Gasteiger partial charge in [-0.25, -0.2) is 14.4 Å². The Labute approximate surface area is 234 Å². The molecule has 3 aromatic rings. The highest BCUT2D eigenvalue weighted by Gasteiger charge is 2.30. The molecule has 9 nitrogen and oxygen atoms in total. The topological polar surface area (TPSA) is 83.9 Å². The van der Waals surface area contributed by atoms with Crippen LogP contribution in [0.25, 0.3) is 23.1 Å². The summed E-state index contributed by atoms with van der Waals surface area (Å²) in [7, 11) is 5.36. The van der Waals surface area contributed by atoms with Crippen LogP contribution in [0.15, 0.2) is 42.6 Å². The number of nitrogens with zero attached hydrogens (tertiary/aromatic N) is 6. The molecule has 0 saturated carbocycles. The predicted molar refractivity (Wildman–Crippen MR) is 156 cm³/mol. The molecular weight excluding hydrogens is 511 g/mol. The van der Waals surface area contributed by atoms with Crippen molar-refractivity contribution in [2.75, 3.05) is 58.9 Å². The highest BCUT2D eigenvalue weighted by molar-refractivity contribution is 5.92. The van der Waals surface area contributed by atoms with Crippen LogP contribution >= 0.6 is 0 Å². The molecule has 1 fully saturated rings. The van der Waals surface area contributed by atoms with Gasteiger partial charge < -0.3 is 24.2 Å². The number of benzene rings is 1. The molecule has 0 bridgehead atoms. The summed E-state index contributed by atoms with van der Waals surface area (Å²) < 4.78 is 24.6. The highest BCUT2D eigenvalue weighted by atomic mass is 19.1. The molecule has 1 saturated heterocycles. The van der Waals surface area contributed by atoms with E-state index >= 15 is 0 Å². The van der Waals surface area contributed by atoms with Crippen molar-refractivity contribution in [3.05, 3.63) is 59.9 Å². The third-order valence-corrected chi connectivity index (χ3v) is 6.71. The molecule has 40 heavy (non-hydrogen) atoms. The van der Waals surface area contributed by atoms with Gasteiger partial charge in [0.05, 0.1) is 31.1 Å². The van der Waals surface area contributed by atoms with Crippen LogP contribution in [0, 0.1) is 5.82 Å². The fourth-order valence-electron chi connectivity index (χ4n) is 4.67. The van der Waals surface area contributed by atoms with E-state index in [1.807, 2.05) is 55.1 Å². The molecule has 0 N–H and O–H groups in total. The molecular formula is C30H37FN6O3. The van der Waals surface area contributed by atoms with E-state index in [0.29, 0.717) is 44.3 Å². The molecule has 0 radical (unpaired) electrons. The van der Waals surface area contributed by atoms with Gasteiger partial charge in [0.2, 0.25) is 5.91 Å². The summed E-state index contributed by atoms with van der Waals surface area (Å²) >= 11 is 0. The van der Waals surface area contributed by atoms with Crippen molar-refractivity contribution >= 4 is 34.8 Å². The first-order valence-corrected chi connectivity index (χ1v) is 13.5. The quantitative estimate of drug-likeness (QED) is 0.347. The lowest BCUT2D eigenvalue weighted by Gasteiger charge is -2.41. The van der Waals surface area contributed by atoms with Gasteiger partial charge in [-0.15, -0.1) is 0 Å². The molecule has 4 rings (SSSR count). The van der Waals surface area contributed by atoms with E-state index in [9.17, 15) is 9.18 Å². The van der Waals surface area contributed by atoms with Gasteiger partial charge in [-0.2, -0.15) is 0 Å². The van der Waals surface area contributed by atoms with Crippen LogP contribution in [0.5, 0.6) is 11.5 Å². The molecule has 1 atom stereocenters. The first-order chi connectivity index (χ1) is 19.3. The number of halogens is 1. The molecule has 10 heteroatoms. The van der Waals surface area contributed by atoms with Crippen LogP contribution in [0.3, 0.4) is 0 Å². The largest absolute Gasteiger partial charge is 0.494 e. The summed E-state index contributed by atoms with van der Waals surface area (Å²) in [5.41, 5.74) is 1.30. The standard InChI is InChI=1S/C30H37FN6O3/c1-6-22-20-36(15-16-37(22)29(38)9-8-14-35(3)4)30-24-18-23(40-7-2)11-12-26(24)33-28(34-30)13-10-21-17-27(39-5)25(31)19-32-21/h8-13,17-19,22H,6-7,14-16,20H2,1-5H3/b9-8+,13-10+/t22-/m0/s1. The van der Waals surface area contributed by atoms with E-state index in [1.54, 1.807) is 18.2 Å². The summed E-state index contributed by atoms with van der Waals surface area (Å²) in [6, 6.07) is 7.36. The molecule has 1 aromatic carbocycles. The number of carbonyl (C=O) groups excluding carboxylic acids is 1. The molecule has 0 spiro atoms. The van der Waals surface area contributed by atoms with Gasteiger partial charge in [0.15, 0.2) is 17.4 Å². The van der Waals surface area contributed by atoms with Crippen LogP contribution < -0.4 is 14.4 Å². The number of carbonyl (C=O) groups is 1. The van der Waals surface area contributed by atoms with Gasteiger partial charge in [0.25, 0.3) is 0 Å². The van der Waals surface area contributed by atoms with E-state index in [4.69, 9.17) is 19.4 Å². The van der Waals surface area contributed by atoms with E-state index in [0.717, 1.165) is 35.1 Å². The Hall–Kier alpha value is -4.05. The van der Waals surface area contributed by atoms with Crippen molar-refractivity contribution < 1.29 is 18.7 Å². The normalized spacial score (nSPS) is 16.0. The number of amides is 1. The van der Waals surface area contributed by atoms with Crippen LogP contribution in [0.4, 0.5) is 10.2 Å². The minimum Gasteiger partial charge on any atom is -0.494 e. The maximum Gasteiger partial charge on any atom is 0.246 e. The van der Waals surface area contributed by atoms with Crippen LogP contribution in [-0.2, 0) is 4.79 Å². The number of pyridine rings is 1. The number of likely N-dealkylation sites (N-methyl/N-ethyl adjacent to an activating group) is 1. The third kappa shape index (κ3) is 6.93. The average Bonchev–Trinajstić information content (AvgIpc) is 2.96. The fraction of sp³-hybridized carbons (Fsp3) is 0.400. The van der Waals surface area contributed by atoms with Gasteiger partial charge in [-0.1, -0.05) is 13.0 Å². The summed E-state index contributed by atoms with van der Waals surface area (Å²) in [4.78, 5) is 32.9. The molecule has 0 unspecified atom stereocenters. The number of ether oxygens (including phenoxy) is 2. The Morgan fingerprint density at radius 2 is 2.00 bits per heavy atom.